The molecule has 2 atom stereocenters. The lowest BCUT2D eigenvalue weighted by molar-refractivity contribution is 0.0556. The van der Waals surface area contributed by atoms with Crippen LogP contribution >= 0.6 is 0 Å². The highest BCUT2D eigenvalue weighted by molar-refractivity contribution is 5.98. The Balaban J connectivity index is 1.60. The Kier molecular flexibility index (Phi) is 4.96. The van der Waals surface area contributed by atoms with Gasteiger partial charge in [0.15, 0.2) is 0 Å². The highest BCUT2D eigenvalue weighted by Gasteiger charge is 2.32. The smallest absolute Gasteiger partial charge is 0.256 e. The number of carbonyl (C=O) groups excluding carboxylic acids is 1. The van der Waals surface area contributed by atoms with Gasteiger partial charge in [-0.05, 0) is 45.7 Å². The summed E-state index contributed by atoms with van der Waals surface area (Å²) in [5, 5.41) is 23.0. The van der Waals surface area contributed by atoms with E-state index in [-0.39, 0.29) is 18.0 Å². The second-order valence-electron chi connectivity index (χ2n) is 8.14. The SMILES string of the molecule is C[C@@H]1CC[C@@H](n2cc(C(C)(C)O)cn2)CN1C(=O)c1ccccc1-n1nccn1. The first-order chi connectivity index (χ1) is 13.8. The van der Waals surface area contributed by atoms with Gasteiger partial charge in [0.2, 0.25) is 0 Å². The quantitative estimate of drug-likeness (QED) is 0.735. The number of aromatic nitrogens is 5. The number of para-hydroxylation sites is 1. The summed E-state index contributed by atoms with van der Waals surface area (Å²) in [6.45, 7) is 6.13. The maximum atomic E-state index is 13.5. The van der Waals surface area contributed by atoms with Crippen molar-refractivity contribution in [2.75, 3.05) is 6.54 Å². The van der Waals surface area contributed by atoms with Crippen LogP contribution in [0, 0.1) is 0 Å². The van der Waals surface area contributed by atoms with Crippen LogP contribution in [-0.2, 0) is 5.60 Å². The summed E-state index contributed by atoms with van der Waals surface area (Å²) in [7, 11) is 0. The molecule has 4 rings (SSSR count). The van der Waals surface area contributed by atoms with E-state index in [1.54, 1.807) is 32.4 Å². The predicted molar refractivity (Wildman–Crippen MR) is 108 cm³/mol. The number of piperidine rings is 1. The van der Waals surface area contributed by atoms with Crippen LogP contribution < -0.4 is 0 Å². The predicted octanol–water partition coefficient (Wildman–Crippen LogP) is 2.56. The molecule has 1 aliphatic heterocycles. The molecule has 0 saturated carbocycles. The Morgan fingerprint density at radius 3 is 2.55 bits per heavy atom. The van der Waals surface area contributed by atoms with Gasteiger partial charge in [0.1, 0.15) is 0 Å². The number of rotatable bonds is 4. The summed E-state index contributed by atoms with van der Waals surface area (Å²) in [5.41, 5.74) is 1.07. The fourth-order valence-electron chi connectivity index (χ4n) is 3.76. The molecule has 3 heterocycles. The lowest BCUT2D eigenvalue weighted by Crippen LogP contribution is -2.46. The molecular weight excluding hydrogens is 368 g/mol. The van der Waals surface area contributed by atoms with Gasteiger partial charge in [0.25, 0.3) is 5.91 Å². The van der Waals surface area contributed by atoms with E-state index in [1.165, 1.54) is 4.80 Å². The molecule has 2 aromatic heterocycles. The molecule has 152 valence electrons. The van der Waals surface area contributed by atoms with E-state index in [0.717, 1.165) is 18.4 Å². The highest BCUT2D eigenvalue weighted by atomic mass is 16.3. The molecular formula is C21H26N6O2. The Labute approximate surface area is 169 Å². The van der Waals surface area contributed by atoms with Crippen molar-refractivity contribution < 1.29 is 9.90 Å². The molecule has 1 aliphatic rings. The second kappa shape index (κ2) is 7.44. The fourth-order valence-corrected chi connectivity index (χ4v) is 3.76. The van der Waals surface area contributed by atoms with E-state index in [9.17, 15) is 9.90 Å². The molecule has 1 amide bonds. The van der Waals surface area contributed by atoms with Gasteiger partial charge in [0, 0.05) is 24.3 Å². The molecule has 8 nitrogen and oxygen atoms in total. The van der Waals surface area contributed by atoms with Crippen LogP contribution in [0.2, 0.25) is 0 Å². The number of hydrogen-bond acceptors (Lipinski definition) is 5. The standard InChI is InChI=1S/C21H26N6O2/c1-15-8-9-17(26-13-16(12-24-26)21(2,3)29)14-25(15)20(28)18-6-4-5-7-19(18)27-22-10-11-23-27/h4-7,10-13,15,17,29H,8-9,14H2,1-3H3/t15-,17-/m1/s1. The Hall–Kier alpha value is -3.00. The minimum atomic E-state index is -0.939. The van der Waals surface area contributed by atoms with Gasteiger partial charge in [-0.2, -0.15) is 20.1 Å². The summed E-state index contributed by atoms with van der Waals surface area (Å²) in [5.74, 6) is -0.0371. The lowest BCUT2D eigenvalue weighted by Gasteiger charge is -2.38. The zero-order valence-electron chi connectivity index (χ0n) is 16.9. The Morgan fingerprint density at radius 1 is 1.14 bits per heavy atom. The third-order valence-corrected chi connectivity index (χ3v) is 5.57. The number of amides is 1. The minimum absolute atomic E-state index is 0.0371. The van der Waals surface area contributed by atoms with E-state index in [2.05, 4.69) is 22.2 Å². The molecule has 0 aliphatic carbocycles. The number of aliphatic hydroxyl groups is 1. The van der Waals surface area contributed by atoms with Crippen LogP contribution in [0.3, 0.4) is 0 Å². The van der Waals surface area contributed by atoms with E-state index >= 15 is 0 Å². The first kappa shape index (κ1) is 19.3. The summed E-state index contributed by atoms with van der Waals surface area (Å²) in [6.07, 6.45) is 8.59. The van der Waals surface area contributed by atoms with Crippen molar-refractivity contribution in [1.82, 2.24) is 29.7 Å². The average molecular weight is 394 g/mol. The number of nitrogens with zero attached hydrogens (tertiary/aromatic N) is 6. The van der Waals surface area contributed by atoms with Gasteiger partial charge >= 0.3 is 0 Å². The molecule has 0 unspecified atom stereocenters. The van der Waals surface area contributed by atoms with Crippen LogP contribution in [0.5, 0.6) is 0 Å². The summed E-state index contributed by atoms with van der Waals surface area (Å²) in [6, 6.07) is 7.60. The normalized spacial score (nSPS) is 20.1. The minimum Gasteiger partial charge on any atom is -0.386 e. The molecule has 29 heavy (non-hydrogen) atoms. The second-order valence-corrected chi connectivity index (χ2v) is 8.14. The zero-order chi connectivity index (χ0) is 20.6. The van der Waals surface area contributed by atoms with Crippen molar-refractivity contribution in [3.63, 3.8) is 0 Å². The maximum absolute atomic E-state index is 13.5. The van der Waals surface area contributed by atoms with Crippen molar-refractivity contribution >= 4 is 5.91 Å². The molecule has 0 radical (unpaired) electrons. The monoisotopic (exact) mass is 394 g/mol. The molecule has 1 aromatic carbocycles. The van der Waals surface area contributed by atoms with Crippen LogP contribution in [0.15, 0.2) is 49.1 Å². The molecule has 8 heteroatoms. The topological polar surface area (TPSA) is 89.1 Å². The molecule has 1 N–H and O–H groups in total. The van der Waals surface area contributed by atoms with Crippen molar-refractivity contribution in [3.05, 3.63) is 60.2 Å². The largest absolute Gasteiger partial charge is 0.386 e. The van der Waals surface area contributed by atoms with Gasteiger partial charge in [0.05, 0.1) is 41.5 Å². The molecule has 1 fully saturated rings. The summed E-state index contributed by atoms with van der Waals surface area (Å²) in [4.78, 5) is 16.8. The molecule has 1 saturated heterocycles. The third-order valence-electron chi connectivity index (χ3n) is 5.57. The number of benzene rings is 1. The van der Waals surface area contributed by atoms with Gasteiger partial charge in [-0.15, -0.1) is 0 Å². The van der Waals surface area contributed by atoms with Crippen LogP contribution in [0.25, 0.3) is 5.69 Å². The highest BCUT2D eigenvalue weighted by Crippen LogP contribution is 2.29. The van der Waals surface area contributed by atoms with E-state index < -0.39 is 5.60 Å². The van der Waals surface area contributed by atoms with E-state index in [4.69, 9.17) is 0 Å². The third kappa shape index (κ3) is 3.80. The summed E-state index contributed by atoms with van der Waals surface area (Å²) >= 11 is 0. The number of hydrogen-bond donors (Lipinski definition) is 1. The first-order valence-corrected chi connectivity index (χ1v) is 9.88. The van der Waals surface area contributed by atoms with Crippen molar-refractivity contribution in [2.24, 2.45) is 0 Å². The fraction of sp³-hybridized carbons (Fsp3) is 0.429. The van der Waals surface area contributed by atoms with Crippen LogP contribution in [0.4, 0.5) is 0 Å². The van der Waals surface area contributed by atoms with Crippen LogP contribution in [0.1, 0.15) is 55.6 Å². The zero-order valence-corrected chi connectivity index (χ0v) is 16.9. The average Bonchev–Trinajstić information content (AvgIpc) is 3.40. The number of likely N-dealkylation sites (tertiary alicyclic amines) is 1. The molecule has 0 bridgehead atoms. The van der Waals surface area contributed by atoms with E-state index in [0.29, 0.717) is 17.8 Å². The van der Waals surface area contributed by atoms with Crippen LogP contribution in [-0.4, -0.2) is 53.3 Å². The molecule has 3 aromatic rings. The molecule has 0 spiro atoms. The van der Waals surface area contributed by atoms with Crippen molar-refractivity contribution in [1.29, 1.82) is 0 Å². The van der Waals surface area contributed by atoms with E-state index in [1.807, 2.05) is 40.0 Å². The van der Waals surface area contributed by atoms with Gasteiger partial charge in [-0.1, -0.05) is 12.1 Å². The van der Waals surface area contributed by atoms with Crippen molar-refractivity contribution in [2.45, 2.75) is 51.3 Å². The van der Waals surface area contributed by atoms with Crippen molar-refractivity contribution in [3.8, 4) is 5.69 Å². The Morgan fingerprint density at radius 2 is 1.86 bits per heavy atom. The van der Waals surface area contributed by atoms with Gasteiger partial charge in [-0.3, -0.25) is 9.48 Å². The Bertz CT molecular complexity index is 989. The number of carbonyl (C=O) groups is 1. The van der Waals surface area contributed by atoms with Gasteiger partial charge in [-0.25, -0.2) is 0 Å². The lowest BCUT2D eigenvalue weighted by atomic mass is 9.97. The summed E-state index contributed by atoms with van der Waals surface area (Å²) < 4.78 is 1.88. The first-order valence-electron chi connectivity index (χ1n) is 9.88. The maximum Gasteiger partial charge on any atom is 0.256 e. The van der Waals surface area contributed by atoms with Gasteiger partial charge < -0.3 is 10.0 Å².